The van der Waals surface area contributed by atoms with Gasteiger partial charge in [-0.2, -0.15) is 0 Å². The minimum Gasteiger partial charge on any atom is -0.371 e. The maximum Gasteiger partial charge on any atom is 0.0959 e. The Kier molecular flexibility index (Phi) is 5.72. The minimum atomic E-state index is 0.642. The van der Waals surface area contributed by atoms with Crippen molar-refractivity contribution in [3.05, 3.63) is 36.2 Å². The normalized spacial score (nSPS) is 18.5. The summed E-state index contributed by atoms with van der Waals surface area (Å²) in [6.07, 6.45) is 2.48. The van der Waals surface area contributed by atoms with Crippen molar-refractivity contribution in [2.45, 2.75) is 39.3 Å². The summed E-state index contributed by atoms with van der Waals surface area (Å²) in [5, 5.41) is 6.63. The predicted molar refractivity (Wildman–Crippen MR) is 96.3 cm³/mol. The molecule has 22 heavy (non-hydrogen) atoms. The van der Waals surface area contributed by atoms with Crippen molar-refractivity contribution in [3.63, 3.8) is 0 Å². The van der Waals surface area contributed by atoms with E-state index in [2.05, 4.69) is 59.3 Å². The molecule has 1 fully saturated rings. The molecule has 122 valence electrons. The van der Waals surface area contributed by atoms with E-state index in [1.165, 1.54) is 42.9 Å². The molecule has 0 saturated carbocycles. The molecular formula is C18H30N4. The molecule has 4 heteroatoms. The van der Waals surface area contributed by atoms with Crippen LogP contribution in [0.5, 0.6) is 0 Å². The summed E-state index contributed by atoms with van der Waals surface area (Å²) in [4.78, 5) is 4.88. The van der Waals surface area contributed by atoms with Gasteiger partial charge in [-0.25, -0.2) is 0 Å². The second-order valence-electron chi connectivity index (χ2n) is 5.91. The smallest absolute Gasteiger partial charge is 0.0959 e. The van der Waals surface area contributed by atoms with E-state index in [9.17, 15) is 0 Å². The molecule has 1 saturated heterocycles. The summed E-state index contributed by atoms with van der Waals surface area (Å²) in [6.45, 7) is 11.2. The predicted octanol–water partition coefficient (Wildman–Crippen LogP) is 3.23. The van der Waals surface area contributed by atoms with E-state index >= 15 is 0 Å². The van der Waals surface area contributed by atoms with Crippen LogP contribution in [0.2, 0.25) is 0 Å². The molecule has 0 amide bonds. The number of hydrogen-bond donors (Lipinski definition) is 2. The van der Waals surface area contributed by atoms with Crippen LogP contribution < -0.4 is 15.5 Å². The largest absolute Gasteiger partial charge is 0.371 e. The number of benzene rings is 1. The minimum absolute atomic E-state index is 0.642. The van der Waals surface area contributed by atoms with Gasteiger partial charge in [0.2, 0.25) is 0 Å². The van der Waals surface area contributed by atoms with Crippen LogP contribution in [-0.2, 0) is 6.54 Å². The summed E-state index contributed by atoms with van der Waals surface area (Å²) < 4.78 is 0. The maximum atomic E-state index is 3.94. The Hall–Kier alpha value is -1.68. The van der Waals surface area contributed by atoms with E-state index in [-0.39, 0.29) is 0 Å². The van der Waals surface area contributed by atoms with Crippen LogP contribution in [0.15, 0.2) is 30.6 Å². The highest BCUT2D eigenvalue weighted by molar-refractivity contribution is 5.69. The Labute approximate surface area is 135 Å². The molecule has 1 aromatic rings. The van der Waals surface area contributed by atoms with E-state index in [0.29, 0.717) is 6.04 Å². The lowest BCUT2D eigenvalue weighted by molar-refractivity contribution is 0.252. The SMILES string of the molecule is C=C1NCc2c(cccc2N(C)C2CCN(C)CC2)N1.CC. The molecule has 0 spiro atoms. The van der Waals surface area contributed by atoms with Crippen LogP contribution in [0.3, 0.4) is 0 Å². The fraction of sp³-hybridized carbons (Fsp3) is 0.556. The zero-order chi connectivity index (χ0) is 16.1. The number of nitrogens with zero attached hydrogens (tertiary/aromatic N) is 2. The third-order valence-corrected chi connectivity index (χ3v) is 4.53. The first-order valence-electron chi connectivity index (χ1n) is 8.38. The molecule has 0 aromatic heterocycles. The maximum absolute atomic E-state index is 3.94. The first-order chi connectivity index (χ1) is 10.6. The van der Waals surface area contributed by atoms with Gasteiger partial charge in [-0.1, -0.05) is 26.5 Å². The number of likely N-dealkylation sites (tertiary alicyclic amines) is 1. The Morgan fingerprint density at radius 3 is 2.59 bits per heavy atom. The van der Waals surface area contributed by atoms with E-state index < -0.39 is 0 Å². The molecular weight excluding hydrogens is 272 g/mol. The summed E-state index contributed by atoms with van der Waals surface area (Å²) in [5.41, 5.74) is 3.87. The van der Waals surface area contributed by atoms with Gasteiger partial charge in [-0.15, -0.1) is 0 Å². The first kappa shape index (κ1) is 16.7. The molecule has 4 nitrogen and oxygen atoms in total. The van der Waals surface area contributed by atoms with Crippen molar-refractivity contribution < 1.29 is 0 Å². The molecule has 0 aliphatic carbocycles. The summed E-state index contributed by atoms with van der Waals surface area (Å²) in [7, 11) is 4.44. The first-order valence-corrected chi connectivity index (χ1v) is 8.38. The Morgan fingerprint density at radius 1 is 1.23 bits per heavy atom. The van der Waals surface area contributed by atoms with Crippen molar-refractivity contribution in [3.8, 4) is 0 Å². The lowest BCUT2D eigenvalue weighted by Crippen LogP contribution is -2.42. The number of anilines is 2. The van der Waals surface area contributed by atoms with Gasteiger partial charge in [0.15, 0.2) is 0 Å². The fourth-order valence-corrected chi connectivity index (χ4v) is 3.19. The van der Waals surface area contributed by atoms with Crippen molar-refractivity contribution in [2.24, 2.45) is 0 Å². The van der Waals surface area contributed by atoms with E-state index in [1.807, 2.05) is 13.8 Å². The molecule has 1 aromatic carbocycles. The third-order valence-electron chi connectivity index (χ3n) is 4.53. The number of nitrogens with one attached hydrogen (secondary N) is 2. The van der Waals surface area contributed by atoms with Crippen molar-refractivity contribution in [1.82, 2.24) is 10.2 Å². The summed E-state index contributed by atoms with van der Waals surface area (Å²) in [6, 6.07) is 7.13. The van der Waals surface area contributed by atoms with Crippen LogP contribution >= 0.6 is 0 Å². The van der Waals surface area contributed by atoms with Crippen LogP contribution in [0.4, 0.5) is 11.4 Å². The molecule has 0 bridgehead atoms. The monoisotopic (exact) mass is 302 g/mol. The van der Waals surface area contributed by atoms with E-state index in [1.54, 1.807) is 0 Å². The number of hydrogen-bond acceptors (Lipinski definition) is 4. The van der Waals surface area contributed by atoms with Gasteiger partial charge in [0, 0.05) is 36.6 Å². The van der Waals surface area contributed by atoms with Crippen molar-refractivity contribution in [1.29, 1.82) is 0 Å². The van der Waals surface area contributed by atoms with Gasteiger partial charge in [0.1, 0.15) is 0 Å². The highest BCUT2D eigenvalue weighted by Crippen LogP contribution is 2.32. The van der Waals surface area contributed by atoms with Gasteiger partial charge >= 0.3 is 0 Å². The molecule has 2 aliphatic rings. The van der Waals surface area contributed by atoms with Crippen LogP contribution in [0, 0.1) is 0 Å². The van der Waals surface area contributed by atoms with Crippen LogP contribution in [0.1, 0.15) is 32.3 Å². The molecule has 2 aliphatic heterocycles. The molecule has 0 radical (unpaired) electrons. The van der Waals surface area contributed by atoms with E-state index in [0.717, 1.165) is 12.4 Å². The number of fused-ring (bicyclic) bond motifs is 1. The Morgan fingerprint density at radius 2 is 1.91 bits per heavy atom. The number of rotatable bonds is 2. The highest BCUT2D eigenvalue weighted by atomic mass is 15.2. The summed E-state index contributed by atoms with van der Waals surface area (Å²) >= 11 is 0. The van der Waals surface area contributed by atoms with Crippen LogP contribution in [0.25, 0.3) is 0 Å². The zero-order valence-corrected chi connectivity index (χ0v) is 14.4. The van der Waals surface area contributed by atoms with Crippen molar-refractivity contribution in [2.75, 3.05) is 37.4 Å². The molecule has 2 N–H and O–H groups in total. The lowest BCUT2D eigenvalue weighted by Gasteiger charge is -2.38. The van der Waals surface area contributed by atoms with Gasteiger partial charge in [0.05, 0.1) is 5.82 Å². The standard InChI is InChI=1S/C16H24N4.C2H6/c1-12-17-11-14-15(18-12)5-4-6-16(14)20(3)13-7-9-19(2)10-8-13;1-2/h4-6,13,17-18H,1,7-11H2,2-3H3;1-2H3. The molecule has 2 heterocycles. The molecule has 3 rings (SSSR count). The third kappa shape index (κ3) is 3.55. The summed E-state index contributed by atoms with van der Waals surface area (Å²) in [5.74, 6) is 0.886. The second kappa shape index (κ2) is 7.54. The second-order valence-corrected chi connectivity index (χ2v) is 5.91. The average molecular weight is 302 g/mol. The van der Waals surface area contributed by atoms with E-state index in [4.69, 9.17) is 0 Å². The van der Waals surface area contributed by atoms with Gasteiger partial charge in [-0.05, 0) is 45.1 Å². The van der Waals surface area contributed by atoms with Crippen molar-refractivity contribution >= 4 is 11.4 Å². The zero-order valence-electron chi connectivity index (χ0n) is 14.4. The van der Waals surface area contributed by atoms with Gasteiger partial charge in [-0.3, -0.25) is 0 Å². The van der Waals surface area contributed by atoms with Gasteiger partial charge < -0.3 is 20.4 Å². The Balaban J connectivity index is 0.000000847. The topological polar surface area (TPSA) is 30.5 Å². The quantitative estimate of drug-likeness (QED) is 0.878. The molecule has 0 unspecified atom stereocenters. The number of piperidine rings is 1. The molecule has 0 atom stereocenters. The van der Waals surface area contributed by atoms with Crippen LogP contribution in [-0.4, -0.2) is 38.1 Å². The Bertz CT molecular complexity index is 504. The van der Waals surface area contributed by atoms with Gasteiger partial charge in [0.25, 0.3) is 0 Å². The highest BCUT2D eigenvalue weighted by Gasteiger charge is 2.24. The average Bonchev–Trinajstić information content (AvgIpc) is 2.56. The fourth-order valence-electron chi connectivity index (χ4n) is 3.19. The lowest BCUT2D eigenvalue weighted by atomic mass is 10.0.